The maximum atomic E-state index is 12.3. The van der Waals surface area contributed by atoms with Gasteiger partial charge >= 0.3 is 0 Å². The number of aromatic nitrogens is 1. The highest BCUT2D eigenvalue weighted by Crippen LogP contribution is 2.42. The molecule has 4 rings (SSSR count). The Bertz CT molecular complexity index is 1050. The molecule has 1 fully saturated rings. The van der Waals surface area contributed by atoms with E-state index in [0.717, 1.165) is 71.7 Å². The van der Waals surface area contributed by atoms with Gasteiger partial charge in [0.1, 0.15) is 0 Å². The predicted octanol–water partition coefficient (Wildman–Crippen LogP) is 4.18. The molecule has 29 heavy (non-hydrogen) atoms. The van der Waals surface area contributed by atoms with Gasteiger partial charge in [0.2, 0.25) is 5.91 Å². The van der Waals surface area contributed by atoms with Crippen molar-refractivity contribution in [1.29, 1.82) is 0 Å². The molecule has 1 saturated carbocycles. The van der Waals surface area contributed by atoms with Crippen LogP contribution in [0.1, 0.15) is 55.3 Å². The molecule has 0 radical (unpaired) electrons. The molecular formula is C23H26N2O3S. The average Bonchev–Trinajstić information content (AvgIpc) is 3.43. The molecule has 2 aliphatic carbocycles. The monoisotopic (exact) mass is 410 g/mol. The molecule has 152 valence electrons. The summed E-state index contributed by atoms with van der Waals surface area (Å²) in [5, 5.41) is 1.81. The first-order chi connectivity index (χ1) is 14.0. The van der Waals surface area contributed by atoms with Crippen LogP contribution in [0.2, 0.25) is 0 Å². The first kappa shape index (κ1) is 20.0. The van der Waals surface area contributed by atoms with Crippen molar-refractivity contribution in [3.05, 3.63) is 59.0 Å². The first-order valence-corrected chi connectivity index (χ1v) is 11.2. The summed E-state index contributed by atoms with van der Waals surface area (Å²) in [6.45, 7) is 1.92. The number of pyridine rings is 1. The molecule has 1 heterocycles. The number of benzene rings is 1. The number of carbonyl (C=O) groups is 1. The summed E-state index contributed by atoms with van der Waals surface area (Å²) in [5.41, 5.74) is 9.42. The Labute approximate surface area is 173 Å². The fourth-order valence-corrected chi connectivity index (χ4v) is 5.22. The summed E-state index contributed by atoms with van der Waals surface area (Å²) < 4.78 is 22.4. The number of carbonyl (C=O) groups excluding carboxylic acids is 1. The zero-order valence-electron chi connectivity index (χ0n) is 16.6. The highest BCUT2D eigenvalue weighted by Gasteiger charge is 2.29. The van der Waals surface area contributed by atoms with Crippen LogP contribution in [0.25, 0.3) is 10.8 Å². The van der Waals surface area contributed by atoms with E-state index in [1.807, 2.05) is 31.3 Å². The third-order valence-electron chi connectivity index (χ3n) is 5.91. The highest BCUT2D eigenvalue weighted by molar-refractivity contribution is 7.79. The molecule has 1 aromatic heterocycles. The minimum atomic E-state index is -2.04. The summed E-state index contributed by atoms with van der Waals surface area (Å²) in [5.74, 6) is 0.444. The van der Waals surface area contributed by atoms with Gasteiger partial charge in [-0.2, -0.15) is 0 Å². The van der Waals surface area contributed by atoms with E-state index >= 15 is 0 Å². The van der Waals surface area contributed by atoms with E-state index in [4.69, 9.17) is 5.73 Å². The number of nitrogens with zero attached hydrogens (tertiary/aromatic N) is 1. The lowest BCUT2D eigenvalue weighted by Crippen LogP contribution is -2.08. The second-order valence-electron chi connectivity index (χ2n) is 8.13. The van der Waals surface area contributed by atoms with E-state index in [1.165, 1.54) is 6.08 Å². The number of fused-ring (bicyclic) bond motifs is 2. The van der Waals surface area contributed by atoms with Gasteiger partial charge in [-0.15, -0.1) is 0 Å². The zero-order chi connectivity index (χ0) is 20.5. The quantitative estimate of drug-likeness (QED) is 0.407. The van der Waals surface area contributed by atoms with Gasteiger partial charge in [0.25, 0.3) is 0 Å². The van der Waals surface area contributed by atoms with Crippen molar-refractivity contribution in [3.8, 4) is 0 Å². The topological polar surface area (TPSA) is 93.3 Å². The molecule has 5 nitrogen and oxygen atoms in total. The summed E-state index contributed by atoms with van der Waals surface area (Å²) in [6, 6.07) is 4.15. The summed E-state index contributed by atoms with van der Waals surface area (Å²) in [4.78, 5) is 16.4. The van der Waals surface area contributed by atoms with Crippen LogP contribution in [-0.4, -0.2) is 19.7 Å². The average molecular weight is 411 g/mol. The smallest absolute Gasteiger partial charge is 0.241 e. The maximum Gasteiger partial charge on any atom is 0.241 e. The van der Waals surface area contributed by atoms with Gasteiger partial charge in [0.15, 0.2) is 11.1 Å². The lowest BCUT2D eigenvalue weighted by molar-refractivity contribution is -0.113. The van der Waals surface area contributed by atoms with Crippen molar-refractivity contribution in [2.45, 2.75) is 56.3 Å². The standard InChI is InChI=1S/C23H26N2O3S/c1-2-3-14(10-22(24)26)4-5-15-8-17-11-18-13-25-21(16-6-7-16)12-20(18)23(29(27)28)19(17)9-15/h2-3,10-13,15-16H,4-9H2,1H3,(H2,24,26)(H,27,28)/b3-2-,14-10+. The molecule has 0 bridgehead atoms. The van der Waals surface area contributed by atoms with Gasteiger partial charge < -0.3 is 10.3 Å². The number of nitrogens with two attached hydrogens (primary N) is 1. The number of allylic oxidation sites excluding steroid dienone is 3. The molecule has 0 aliphatic heterocycles. The number of primary amides is 1. The van der Waals surface area contributed by atoms with Crippen LogP contribution < -0.4 is 5.73 Å². The Kier molecular flexibility index (Phi) is 5.65. The van der Waals surface area contributed by atoms with Crippen molar-refractivity contribution in [3.63, 3.8) is 0 Å². The molecule has 0 spiro atoms. The largest absolute Gasteiger partial charge is 0.366 e. The summed E-state index contributed by atoms with van der Waals surface area (Å²) in [7, 11) is 0. The van der Waals surface area contributed by atoms with Gasteiger partial charge in [0, 0.05) is 34.7 Å². The van der Waals surface area contributed by atoms with E-state index in [2.05, 4.69) is 11.1 Å². The normalized spacial score (nSPS) is 20.3. The van der Waals surface area contributed by atoms with Crippen LogP contribution in [0.15, 0.2) is 47.0 Å². The van der Waals surface area contributed by atoms with Crippen LogP contribution in [0.4, 0.5) is 0 Å². The molecular weight excluding hydrogens is 384 g/mol. The minimum Gasteiger partial charge on any atom is -0.366 e. The molecule has 2 aromatic rings. The van der Waals surface area contributed by atoms with Crippen LogP contribution in [0.3, 0.4) is 0 Å². The molecule has 6 heteroatoms. The molecule has 1 amide bonds. The fraction of sp³-hybridized carbons (Fsp3) is 0.391. The number of amides is 1. The Morgan fingerprint density at radius 2 is 2.14 bits per heavy atom. The predicted molar refractivity (Wildman–Crippen MR) is 115 cm³/mol. The SMILES string of the molecule is C/C=C\C(=C/C(N)=O)CCC1Cc2cc3cnc(C4CC4)cc3c(S(=O)O)c2C1. The third-order valence-corrected chi connectivity index (χ3v) is 6.73. The van der Waals surface area contributed by atoms with Crippen LogP contribution in [0, 0.1) is 5.92 Å². The van der Waals surface area contributed by atoms with E-state index < -0.39 is 17.0 Å². The minimum absolute atomic E-state index is 0.376. The molecule has 3 N–H and O–H groups in total. The summed E-state index contributed by atoms with van der Waals surface area (Å²) in [6.07, 6.45) is 12.8. The van der Waals surface area contributed by atoms with E-state index in [9.17, 15) is 13.6 Å². The Hall–Kier alpha value is -2.31. The van der Waals surface area contributed by atoms with Gasteiger partial charge in [-0.3, -0.25) is 9.78 Å². The van der Waals surface area contributed by atoms with Crippen molar-refractivity contribution in [1.82, 2.24) is 4.98 Å². The molecule has 2 aliphatic rings. The van der Waals surface area contributed by atoms with Gasteiger partial charge in [-0.05, 0) is 80.2 Å². The number of rotatable bonds is 7. The number of hydrogen-bond acceptors (Lipinski definition) is 3. The van der Waals surface area contributed by atoms with Crippen LogP contribution in [0.5, 0.6) is 0 Å². The Morgan fingerprint density at radius 3 is 2.79 bits per heavy atom. The second kappa shape index (κ2) is 8.20. The summed E-state index contributed by atoms with van der Waals surface area (Å²) >= 11 is -2.04. The molecule has 2 unspecified atom stereocenters. The molecule has 2 atom stereocenters. The van der Waals surface area contributed by atoms with E-state index in [0.29, 0.717) is 16.7 Å². The van der Waals surface area contributed by atoms with Gasteiger partial charge in [0.05, 0.1) is 4.90 Å². The Morgan fingerprint density at radius 1 is 1.34 bits per heavy atom. The molecule has 1 aromatic carbocycles. The van der Waals surface area contributed by atoms with Crippen molar-refractivity contribution < 1.29 is 13.6 Å². The van der Waals surface area contributed by atoms with Crippen LogP contribution in [-0.2, 0) is 28.7 Å². The van der Waals surface area contributed by atoms with Crippen LogP contribution >= 0.6 is 0 Å². The van der Waals surface area contributed by atoms with Gasteiger partial charge in [-0.1, -0.05) is 12.2 Å². The van der Waals surface area contributed by atoms with E-state index in [1.54, 1.807) is 0 Å². The molecule has 0 saturated heterocycles. The van der Waals surface area contributed by atoms with Crippen molar-refractivity contribution >= 4 is 27.8 Å². The van der Waals surface area contributed by atoms with Crippen molar-refractivity contribution in [2.24, 2.45) is 11.7 Å². The second-order valence-corrected chi connectivity index (χ2v) is 9.04. The van der Waals surface area contributed by atoms with Gasteiger partial charge in [-0.25, -0.2) is 4.21 Å². The number of hydrogen-bond donors (Lipinski definition) is 2. The third kappa shape index (κ3) is 4.33. The zero-order valence-corrected chi connectivity index (χ0v) is 17.4. The lowest BCUT2D eigenvalue weighted by atomic mass is 9.96. The van der Waals surface area contributed by atoms with Crippen molar-refractivity contribution in [2.75, 3.05) is 0 Å². The first-order valence-electron chi connectivity index (χ1n) is 10.1. The fourth-order valence-electron chi connectivity index (χ4n) is 4.43. The Balaban J connectivity index is 1.61. The lowest BCUT2D eigenvalue weighted by Gasteiger charge is -2.11. The maximum absolute atomic E-state index is 12.3. The highest BCUT2D eigenvalue weighted by atomic mass is 32.2. The van der Waals surface area contributed by atoms with E-state index in [-0.39, 0.29) is 0 Å².